The molecule has 466 valence electrons. The second-order valence-corrected chi connectivity index (χ2v) is 23.8. The smallest absolute Gasteiger partial charge is 0.335 e. The zero-order chi connectivity index (χ0) is 57.5. The van der Waals surface area contributed by atoms with Crippen LogP contribution in [0.2, 0.25) is 0 Å². The summed E-state index contributed by atoms with van der Waals surface area (Å²) in [5.41, 5.74) is 0. The Morgan fingerprint density at radius 2 is 0.646 bits per heavy atom. The zero-order valence-corrected chi connectivity index (χ0v) is 51.7. The van der Waals surface area contributed by atoms with Gasteiger partial charge in [0.15, 0.2) is 24.6 Å². The first kappa shape index (κ1) is 74.7. The Labute approximate surface area is 484 Å². The summed E-state index contributed by atoms with van der Waals surface area (Å²) in [6.07, 6.45) is 50.7. The van der Waals surface area contributed by atoms with Crippen LogP contribution in [0.4, 0.5) is 0 Å². The third-order valence-corrected chi connectivity index (χ3v) is 16.2. The second kappa shape index (κ2) is 56.2. The minimum absolute atomic E-state index is 0.0700. The summed E-state index contributed by atoms with van der Waals surface area (Å²) in [5, 5.41) is 31.5. The molecule has 0 saturated carbocycles. The van der Waals surface area contributed by atoms with Crippen LogP contribution in [0.3, 0.4) is 0 Å². The Morgan fingerprint density at radius 1 is 0.367 bits per heavy atom. The maximum Gasteiger partial charge on any atom is 0.335 e. The van der Waals surface area contributed by atoms with E-state index < -0.39 is 67.3 Å². The normalized spacial score (nSPS) is 17.7. The molecule has 0 aromatic heterocycles. The van der Waals surface area contributed by atoms with Gasteiger partial charge < -0.3 is 39.0 Å². The fourth-order valence-corrected chi connectivity index (χ4v) is 11.0. The SMILES string of the molecule is CCCCCCCCCCCCCCCCCCCCCC(=O)OCC(COC1OC(C(=O)O)C(O)C(O)C1OC(=O)CCCCCCCCCCCCC)OC(=O)CCCCCCCCCCCCCCCCCCCCC. The number of aliphatic hydroxyl groups is 2. The molecule has 0 radical (unpaired) electrons. The Hall–Kier alpha value is -2.28. The molecule has 6 atom stereocenters. The van der Waals surface area contributed by atoms with Gasteiger partial charge in [0.1, 0.15) is 18.8 Å². The van der Waals surface area contributed by atoms with Gasteiger partial charge in [-0.1, -0.05) is 316 Å². The quantitative estimate of drug-likeness (QED) is 0.0299. The number of hydrogen-bond acceptors (Lipinski definition) is 11. The molecule has 0 aromatic carbocycles. The van der Waals surface area contributed by atoms with Crippen LogP contribution in [0.1, 0.15) is 355 Å². The van der Waals surface area contributed by atoms with Gasteiger partial charge in [0.2, 0.25) is 0 Å². The van der Waals surface area contributed by atoms with Crippen LogP contribution in [0.15, 0.2) is 0 Å². The number of rotatable bonds is 60. The fraction of sp³-hybridized carbons (Fsp3) is 0.940. The average Bonchev–Trinajstić information content (AvgIpc) is 3.47. The minimum atomic E-state index is -1.89. The molecular weight excluding hydrogens is 997 g/mol. The van der Waals surface area contributed by atoms with Crippen LogP contribution < -0.4 is 0 Å². The van der Waals surface area contributed by atoms with Crippen LogP contribution >= 0.6 is 0 Å². The van der Waals surface area contributed by atoms with E-state index >= 15 is 0 Å². The molecular formula is C67H126O12. The summed E-state index contributed by atoms with van der Waals surface area (Å²) >= 11 is 0. The number of carboxylic acids is 1. The first-order valence-corrected chi connectivity index (χ1v) is 34.0. The first-order valence-electron chi connectivity index (χ1n) is 34.0. The average molecular weight is 1120 g/mol. The number of esters is 3. The summed E-state index contributed by atoms with van der Waals surface area (Å²) < 4.78 is 28.6. The molecule has 1 fully saturated rings. The maximum atomic E-state index is 13.2. The predicted octanol–water partition coefficient (Wildman–Crippen LogP) is 18.2. The molecule has 1 rings (SSSR count). The van der Waals surface area contributed by atoms with Gasteiger partial charge in [0.25, 0.3) is 0 Å². The molecule has 3 N–H and O–H groups in total. The van der Waals surface area contributed by atoms with Crippen LogP contribution in [0.5, 0.6) is 0 Å². The van der Waals surface area contributed by atoms with E-state index in [9.17, 15) is 34.5 Å². The second-order valence-electron chi connectivity index (χ2n) is 23.8. The van der Waals surface area contributed by atoms with Crippen molar-refractivity contribution < 1.29 is 58.2 Å². The van der Waals surface area contributed by atoms with E-state index in [2.05, 4.69) is 20.8 Å². The number of carboxylic acid groups (broad SMARTS) is 1. The number of carbonyl (C=O) groups excluding carboxylic acids is 3. The standard InChI is InChI=1S/C67H126O12/c1-4-7-10-13-16-19-22-24-26-28-30-32-34-36-39-41-44-47-50-53-59(68)75-56-58(77-60(69)54-51-48-45-43-40-37-35-33-31-29-27-25-23-20-17-14-11-8-5-2)57-76-67-65(63(72)62(71)64(79-67)66(73)74)78-61(70)55-52-49-46-42-38-21-18-15-12-9-6-3/h58,62-65,67,71-72H,4-57H2,1-3H3,(H,73,74). The molecule has 0 amide bonds. The lowest BCUT2D eigenvalue weighted by Gasteiger charge is -2.40. The van der Waals surface area contributed by atoms with Crippen molar-refractivity contribution in [3.8, 4) is 0 Å². The molecule has 0 bridgehead atoms. The van der Waals surface area contributed by atoms with Crippen molar-refractivity contribution in [3.05, 3.63) is 0 Å². The molecule has 0 aliphatic carbocycles. The highest BCUT2D eigenvalue weighted by Gasteiger charge is 2.50. The molecule has 6 unspecified atom stereocenters. The van der Waals surface area contributed by atoms with E-state index in [1.807, 2.05) is 0 Å². The number of aliphatic hydroxyl groups excluding tert-OH is 2. The summed E-state index contributed by atoms with van der Waals surface area (Å²) in [6, 6.07) is 0. The predicted molar refractivity (Wildman–Crippen MR) is 322 cm³/mol. The van der Waals surface area contributed by atoms with Crippen molar-refractivity contribution >= 4 is 23.9 Å². The molecule has 1 aliphatic heterocycles. The van der Waals surface area contributed by atoms with Crippen molar-refractivity contribution in [1.29, 1.82) is 0 Å². The largest absolute Gasteiger partial charge is 0.479 e. The number of carbonyl (C=O) groups is 4. The number of unbranched alkanes of at least 4 members (excludes halogenated alkanes) is 46. The van der Waals surface area contributed by atoms with E-state index in [4.69, 9.17) is 23.7 Å². The Balaban J connectivity index is 2.59. The van der Waals surface area contributed by atoms with Gasteiger partial charge in [-0.2, -0.15) is 0 Å². The van der Waals surface area contributed by atoms with Gasteiger partial charge in [-0.25, -0.2) is 4.79 Å². The summed E-state index contributed by atoms with van der Waals surface area (Å²) in [5.74, 6) is -3.06. The van der Waals surface area contributed by atoms with Crippen LogP contribution in [0, 0.1) is 0 Å². The highest BCUT2D eigenvalue weighted by Crippen LogP contribution is 2.27. The molecule has 0 aromatic rings. The molecule has 12 nitrogen and oxygen atoms in total. The third kappa shape index (κ3) is 45.9. The number of aliphatic carboxylic acids is 1. The summed E-state index contributed by atoms with van der Waals surface area (Å²) in [7, 11) is 0. The van der Waals surface area contributed by atoms with Gasteiger partial charge in [0, 0.05) is 19.3 Å². The van der Waals surface area contributed by atoms with Crippen molar-refractivity contribution in [1.82, 2.24) is 0 Å². The van der Waals surface area contributed by atoms with E-state index in [0.717, 1.165) is 57.8 Å². The molecule has 1 aliphatic rings. The Kier molecular flexibility index (Phi) is 53.2. The van der Waals surface area contributed by atoms with Gasteiger partial charge >= 0.3 is 23.9 Å². The van der Waals surface area contributed by atoms with E-state index in [-0.39, 0.29) is 25.9 Å². The first-order chi connectivity index (χ1) is 38.6. The lowest BCUT2D eigenvalue weighted by atomic mass is 9.98. The maximum absolute atomic E-state index is 13.2. The number of hydrogen-bond donors (Lipinski definition) is 3. The van der Waals surface area contributed by atoms with Crippen molar-refractivity contribution in [2.75, 3.05) is 13.2 Å². The highest BCUT2D eigenvalue weighted by molar-refractivity contribution is 5.74. The molecule has 0 spiro atoms. The topological polar surface area (TPSA) is 175 Å². The van der Waals surface area contributed by atoms with Crippen molar-refractivity contribution in [3.63, 3.8) is 0 Å². The Morgan fingerprint density at radius 3 is 0.949 bits per heavy atom. The molecule has 1 heterocycles. The van der Waals surface area contributed by atoms with E-state index in [0.29, 0.717) is 19.3 Å². The van der Waals surface area contributed by atoms with Crippen LogP contribution in [0.25, 0.3) is 0 Å². The molecule has 12 heteroatoms. The van der Waals surface area contributed by atoms with E-state index in [1.54, 1.807) is 0 Å². The summed E-state index contributed by atoms with van der Waals surface area (Å²) in [4.78, 5) is 51.3. The van der Waals surface area contributed by atoms with Gasteiger partial charge in [-0.15, -0.1) is 0 Å². The Bertz CT molecular complexity index is 1380. The van der Waals surface area contributed by atoms with Crippen LogP contribution in [-0.2, 0) is 42.9 Å². The van der Waals surface area contributed by atoms with Gasteiger partial charge in [-0.3, -0.25) is 14.4 Å². The van der Waals surface area contributed by atoms with Gasteiger partial charge in [-0.05, 0) is 19.3 Å². The molecule has 1 saturated heterocycles. The lowest BCUT2D eigenvalue weighted by molar-refractivity contribution is -0.301. The molecule has 79 heavy (non-hydrogen) atoms. The van der Waals surface area contributed by atoms with Crippen LogP contribution in [-0.4, -0.2) is 89.2 Å². The van der Waals surface area contributed by atoms with Crippen molar-refractivity contribution in [2.24, 2.45) is 0 Å². The van der Waals surface area contributed by atoms with Gasteiger partial charge in [0.05, 0.1) is 6.61 Å². The monoisotopic (exact) mass is 1120 g/mol. The lowest BCUT2D eigenvalue weighted by Crippen LogP contribution is -2.61. The summed E-state index contributed by atoms with van der Waals surface area (Å²) in [6.45, 7) is 6.06. The number of ether oxygens (including phenoxy) is 5. The van der Waals surface area contributed by atoms with E-state index in [1.165, 1.54) is 238 Å². The highest BCUT2D eigenvalue weighted by atomic mass is 16.7. The zero-order valence-electron chi connectivity index (χ0n) is 51.7. The van der Waals surface area contributed by atoms with Crippen molar-refractivity contribution in [2.45, 2.75) is 391 Å². The third-order valence-electron chi connectivity index (χ3n) is 16.2. The fourth-order valence-electron chi connectivity index (χ4n) is 11.0. The minimum Gasteiger partial charge on any atom is -0.479 e.